The number of esters is 1. The standard InChI is InChI=1S/C21H28N2O3/c1-3-25-21(24)16-17(2)15-18-8-10-19(11-9-18)26-14-6-13-23-20-7-4-5-12-22-20/h4-5,7-12,17H,3,6,13-16H2,1-2H3,(H,22,23). The van der Waals surface area contributed by atoms with Gasteiger partial charge in [0, 0.05) is 19.2 Å². The van der Waals surface area contributed by atoms with Gasteiger partial charge in [-0.3, -0.25) is 4.79 Å². The predicted octanol–water partition coefficient (Wildman–Crippen LogP) is 4.09. The number of hydrogen-bond acceptors (Lipinski definition) is 5. The van der Waals surface area contributed by atoms with Crippen molar-refractivity contribution in [1.29, 1.82) is 0 Å². The van der Waals surface area contributed by atoms with Crippen LogP contribution in [0.2, 0.25) is 0 Å². The zero-order chi connectivity index (χ0) is 18.6. The highest BCUT2D eigenvalue weighted by Gasteiger charge is 2.10. The minimum absolute atomic E-state index is 0.126. The van der Waals surface area contributed by atoms with Crippen LogP contribution in [0, 0.1) is 5.92 Å². The lowest BCUT2D eigenvalue weighted by molar-refractivity contribution is -0.144. The molecule has 0 aliphatic heterocycles. The summed E-state index contributed by atoms with van der Waals surface area (Å²) in [5, 5.41) is 3.26. The van der Waals surface area contributed by atoms with Gasteiger partial charge in [0.15, 0.2) is 0 Å². The van der Waals surface area contributed by atoms with Gasteiger partial charge in [-0.05, 0) is 55.5 Å². The summed E-state index contributed by atoms with van der Waals surface area (Å²) in [5.74, 6) is 1.89. The van der Waals surface area contributed by atoms with Crippen molar-refractivity contribution in [2.75, 3.05) is 25.1 Å². The van der Waals surface area contributed by atoms with Crippen LogP contribution in [0.15, 0.2) is 48.7 Å². The van der Waals surface area contributed by atoms with Gasteiger partial charge in [-0.2, -0.15) is 0 Å². The fourth-order valence-corrected chi connectivity index (χ4v) is 2.65. The van der Waals surface area contributed by atoms with Gasteiger partial charge in [0.05, 0.1) is 13.2 Å². The molecule has 2 rings (SSSR count). The topological polar surface area (TPSA) is 60.5 Å². The Bertz CT molecular complexity index is 644. The maximum absolute atomic E-state index is 11.5. The normalized spacial score (nSPS) is 11.6. The molecule has 26 heavy (non-hydrogen) atoms. The first-order valence-corrected chi connectivity index (χ1v) is 9.19. The first kappa shape index (κ1) is 19.8. The van der Waals surface area contributed by atoms with Crippen molar-refractivity contribution < 1.29 is 14.3 Å². The lowest BCUT2D eigenvalue weighted by Gasteiger charge is -2.12. The van der Waals surface area contributed by atoms with E-state index < -0.39 is 0 Å². The molecular weight excluding hydrogens is 328 g/mol. The first-order chi connectivity index (χ1) is 12.7. The van der Waals surface area contributed by atoms with Gasteiger partial charge >= 0.3 is 5.97 Å². The molecule has 0 radical (unpaired) electrons. The minimum Gasteiger partial charge on any atom is -0.494 e. The Kier molecular flexibility index (Phi) is 8.46. The summed E-state index contributed by atoms with van der Waals surface area (Å²) in [6.45, 7) is 5.81. The number of rotatable bonds is 11. The van der Waals surface area contributed by atoms with E-state index in [-0.39, 0.29) is 11.9 Å². The average Bonchev–Trinajstić information content (AvgIpc) is 2.64. The summed E-state index contributed by atoms with van der Waals surface area (Å²) in [7, 11) is 0. The van der Waals surface area contributed by atoms with Crippen molar-refractivity contribution in [2.45, 2.75) is 33.1 Å². The molecule has 5 heteroatoms. The van der Waals surface area contributed by atoms with Crippen molar-refractivity contribution in [3.8, 4) is 5.75 Å². The number of benzene rings is 1. The maximum Gasteiger partial charge on any atom is 0.306 e. The molecule has 140 valence electrons. The molecule has 0 spiro atoms. The Balaban J connectivity index is 1.64. The van der Waals surface area contributed by atoms with Gasteiger partial charge in [-0.25, -0.2) is 4.98 Å². The Hall–Kier alpha value is -2.56. The fraction of sp³-hybridized carbons (Fsp3) is 0.429. The molecule has 0 bridgehead atoms. The molecule has 1 heterocycles. The average molecular weight is 356 g/mol. The van der Waals surface area contributed by atoms with Crippen LogP contribution in [-0.2, 0) is 16.0 Å². The van der Waals surface area contributed by atoms with Gasteiger partial charge in [0.25, 0.3) is 0 Å². The summed E-state index contributed by atoms with van der Waals surface area (Å²) < 4.78 is 10.8. The maximum atomic E-state index is 11.5. The van der Waals surface area contributed by atoms with E-state index in [0.29, 0.717) is 19.6 Å². The number of nitrogens with one attached hydrogen (secondary N) is 1. The number of nitrogens with zero attached hydrogens (tertiary/aromatic N) is 1. The van der Waals surface area contributed by atoms with Crippen LogP contribution >= 0.6 is 0 Å². The third kappa shape index (κ3) is 7.55. The van der Waals surface area contributed by atoms with E-state index in [9.17, 15) is 4.79 Å². The van der Waals surface area contributed by atoms with Crippen LogP contribution < -0.4 is 10.1 Å². The lowest BCUT2D eigenvalue weighted by atomic mass is 9.98. The molecule has 1 aromatic heterocycles. The lowest BCUT2D eigenvalue weighted by Crippen LogP contribution is -2.11. The Morgan fingerprint density at radius 2 is 2.00 bits per heavy atom. The molecule has 2 aromatic rings. The molecule has 0 fully saturated rings. The Morgan fingerprint density at radius 3 is 2.69 bits per heavy atom. The van der Waals surface area contributed by atoms with E-state index in [0.717, 1.165) is 31.0 Å². The van der Waals surface area contributed by atoms with Crippen LogP contribution in [0.25, 0.3) is 0 Å². The van der Waals surface area contributed by atoms with Crippen LogP contribution in [-0.4, -0.2) is 30.7 Å². The molecule has 0 saturated heterocycles. The van der Waals surface area contributed by atoms with Gasteiger partial charge in [-0.15, -0.1) is 0 Å². The molecule has 1 aromatic carbocycles. The smallest absolute Gasteiger partial charge is 0.306 e. The second-order valence-corrected chi connectivity index (χ2v) is 6.31. The summed E-state index contributed by atoms with van der Waals surface area (Å²) in [4.78, 5) is 15.7. The molecule has 1 unspecified atom stereocenters. The zero-order valence-electron chi connectivity index (χ0n) is 15.6. The highest BCUT2D eigenvalue weighted by Crippen LogP contribution is 2.17. The largest absolute Gasteiger partial charge is 0.494 e. The van der Waals surface area contributed by atoms with E-state index in [2.05, 4.69) is 29.4 Å². The van der Waals surface area contributed by atoms with Gasteiger partial charge in [0.1, 0.15) is 11.6 Å². The monoisotopic (exact) mass is 356 g/mol. The van der Waals surface area contributed by atoms with E-state index in [1.54, 1.807) is 6.20 Å². The van der Waals surface area contributed by atoms with Crippen molar-refractivity contribution in [3.05, 3.63) is 54.2 Å². The van der Waals surface area contributed by atoms with Crippen molar-refractivity contribution in [3.63, 3.8) is 0 Å². The number of carbonyl (C=O) groups excluding carboxylic acids is 1. The summed E-state index contributed by atoms with van der Waals surface area (Å²) in [5.41, 5.74) is 1.20. The SMILES string of the molecule is CCOC(=O)CC(C)Cc1ccc(OCCCNc2ccccn2)cc1. The van der Waals surface area contributed by atoms with Crippen LogP contribution in [0.1, 0.15) is 32.3 Å². The Morgan fingerprint density at radius 1 is 1.19 bits per heavy atom. The van der Waals surface area contributed by atoms with Gasteiger partial charge < -0.3 is 14.8 Å². The molecule has 5 nitrogen and oxygen atoms in total. The first-order valence-electron chi connectivity index (χ1n) is 9.19. The second kappa shape index (κ2) is 11.1. The molecule has 0 aliphatic carbocycles. The summed E-state index contributed by atoms with van der Waals surface area (Å²) in [6, 6.07) is 13.9. The summed E-state index contributed by atoms with van der Waals surface area (Å²) in [6.07, 6.45) is 3.98. The van der Waals surface area contributed by atoms with E-state index >= 15 is 0 Å². The van der Waals surface area contributed by atoms with Crippen LogP contribution in [0.5, 0.6) is 5.75 Å². The quantitative estimate of drug-likeness (QED) is 0.485. The van der Waals surface area contributed by atoms with Crippen molar-refractivity contribution in [1.82, 2.24) is 4.98 Å². The molecule has 0 amide bonds. The van der Waals surface area contributed by atoms with Gasteiger partial charge in [0.2, 0.25) is 0 Å². The van der Waals surface area contributed by atoms with Gasteiger partial charge in [-0.1, -0.05) is 25.1 Å². The predicted molar refractivity (Wildman–Crippen MR) is 103 cm³/mol. The molecule has 0 saturated carbocycles. The van der Waals surface area contributed by atoms with Crippen LogP contribution in [0.4, 0.5) is 5.82 Å². The van der Waals surface area contributed by atoms with E-state index in [1.165, 1.54) is 5.56 Å². The highest BCUT2D eigenvalue weighted by molar-refractivity contribution is 5.69. The number of hydrogen-bond donors (Lipinski definition) is 1. The number of ether oxygens (including phenoxy) is 2. The minimum atomic E-state index is -0.126. The number of pyridine rings is 1. The van der Waals surface area contributed by atoms with Crippen molar-refractivity contribution >= 4 is 11.8 Å². The third-order valence-corrected chi connectivity index (χ3v) is 3.89. The number of carbonyl (C=O) groups is 1. The summed E-state index contributed by atoms with van der Waals surface area (Å²) >= 11 is 0. The molecule has 1 atom stereocenters. The Labute approximate surface area is 155 Å². The second-order valence-electron chi connectivity index (χ2n) is 6.31. The zero-order valence-corrected chi connectivity index (χ0v) is 15.6. The third-order valence-electron chi connectivity index (χ3n) is 3.89. The number of aromatic nitrogens is 1. The number of anilines is 1. The highest BCUT2D eigenvalue weighted by atomic mass is 16.5. The van der Waals surface area contributed by atoms with E-state index in [4.69, 9.17) is 9.47 Å². The molecular formula is C21H28N2O3. The fourth-order valence-electron chi connectivity index (χ4n) is 2.65. The van der Waals surface area contributed by atoms with E-state index in [1.807, 2.05) is 37.3 Å². The molecule has 0 aliphatic rings. The van der Waals surface area contributed by atoms with Crippen molar-refractivity contribution in [2.24, 2.45) is 5.92 Å². The van der Waals surface area contributed by atoms with Crippen LogP contribution in [0.3, 0.4) is 0 Å². The molecule has 1 N–H and O–H groups in total.